The molecule has 0 aliphatic heterocycles. The minimum absolute atomic E-state index is 0.0926. The fourth-order valence-electron chi connectivity index (χ4n) is 1.82. The number of nitrogens with zero attached hydrogens (tertiary/aromatic N) is 1. The molecule has 0 saturated heterocycles. The maximum Gasteiger partial charge on any atom is 0.371 e. The van der Waals surface area contributed by atoms with Gasteiger partial charge in [0.2, 0.25) is 5.76 Å². The fraction of sp³-hybridized carbons (Fsp3) is 0. The summed E-state index contributed by atoms with van der Waals surface area (Å²) >= 11 is 0. The summed E-state index contributed by atoms with van der Waals surface area (Å²) < 4.78 is 5.13. The van der Waals surface area contributed by atoms with Crippen LogP contribution in [0, 0.1) is 0 Å². The van der Waals surface area contributed by atoms with E-state index >= 15 is 0 Å². The van der Waals surface area contributed by atoms with Crippen LogP contribution in [0.15, 0.2) is 53.1 Å². The number of hydrogen-bond acceptors (Lipinski definition) is 4. The molecule has 3 aromatic rings. The van der Waals surface area contributed by atoms with Crippen LogP contribution in [0.4, 0.5) is 11.6 Å². The van der Waals surface area contributed by atoms with Gasteiger partial charge in [0.05, 0.1) is 5.52 Å². The predicted molar refractivity (Wildman–Crippen MR) is 70.7 cm³/mol. The molecule has 5 heteroatoms. The summed E-state index contributed by atoms with van der Waals surface area (Å²) in [7, 11) is 0. The van der Waals surface area contributed by atoms with Crippen molar-refractivity contribution in [2.24, 2.45) is 0 Å². The van der Waals surface area contributed by atoms with Crippen molar-refractivity contribution in [3.63, 3.8) is 0 Å². The Balaban J connectivity index is 1.89. The summed E-state index contributed by atoms with van der Waals surface area (Å²) in [6, 6.07) is 12.5. The van der Waals surface area contributed by atoms with Crippen LogP contribution in [0.25, 0.3) is 10.9 Å². The summed E-state index contributed by atoms with van der Waals surface area (Å²) in [4.78, 5) is 14.9. The number of pyridine rings is 1. The van der Waals surface area contributed by atoms with Crippen LogP contribution in [0.2, 0.25) is 0 Å². The standard InChI is InChI=1S/C14H10N2O3/c17-14(18)12-5-6-13(19-12)16-10-3-4-11-9(8-10)2-1-7-15-11/h1-8,16H,(H,17,18). The van der Waals surface area contributed by atoms with E-state index in [1.165, 1.54) is 6.07 Å². The lowest BCUT2D eigenvalue weighted by Gasteiger charge is -2.04. The van der Waals surface area contributed by atoms with Crippen molar-refractivity contribution in [3.8, 4) is 0 Å². The average Bonchev–Trinajstić information content (AvgIpc) is 2.87. The highest BCUT2D eigenvalue weighted by Crippen LogP contribution is 2.22. The largest absolute Gasteiger partial charge is 0.475 e. The van der Waals surface area contributed by atoms with Crippen molar-refractivity contribution in [1.29, 1.82) is 0 Å². The molecule has 94 valence electrons. The topological polar surface area (TPSA) is 75.4 Å². The molecule has 5 nitrogen and oxygen atoms in total. The highest BCUT2D eigenvalue weighted by Gasteiger charge is 2.08. The van der Waals surface area contributed by atoms with E-state index in [-0.39, 0.29) is 5.76 Å². The third-order valence-electron chi connectivity index (χ3n) is 2.69. The fourth-order valence-corrected chi connectivity index (χ4v) is 1.82. The molecule has 1 aromatic carbocycles. The Kier molecular flexibility index (Phi) is 2.64. The predicted octanol–water partition coefficient (Wildman–Crippen LogP) is 3.27. The first kappa shape index (κ1) is 11.3. The second kappa shape index (κ2) is 4.45. The van der Waals surface area contributed by atoms with Gasteiger partial charge in [0.15, 0.2) is 5.88 Å². The van der Waals surface area contributed by atoms with Crippen molar-refractivity contribution in [3.05, 3.63) is 54.4 Å². The van der Waals surface area contributed by atoms with Crippen molar-refractivity contribution >= 4 is 28.4 Å². The van der Waals surface area contributed by atoms with Crippen LogP contribution in [-0.4, -0.2) is 16.1 Å². The first-order valence-corrected chi connectivity index (χ1v) is 5.67. The lowest BCUT2D eigenvalue weighted by Crippen LogP contribution is -1.92. The number of rotatable bonds is 3. The smallest absolute Gasteiger partial charge is 0.371 e. The van der Waals surface area contributed by atoms with Gasteiger partial charge in [0, 0.05) is 23.3 Å². The summed E-state index contributed by atoms with van der Waals surface area (Å²) in [5.74, 6) is -0.790. The third-order valence-corrected chi connectivity index (χ3v) is 2.69. The van der Waals surface area contributed by atoms with E-state index in [0.29, 0.717) is 5.88 Å². The van der Waals surface area contributed by atoms with Crippen LogP contribution in [0.1, 0.15) is 10.6 Å². The molecule has 2 N–H and O–H groups in total. The molecule has 0 aliphatic rings. The van der Waals surface area contributed by atoms with Crippen LogP contribution in [-0.2, 0) is 0 Å². The zero-order valence-corrected chi connectivity index (χ0v) is 9.83. The van der Waals surface area contributed by atoms with E-state index in [2.05, 4.69) is 10.3 Å². The molecule has 0 radical (unpaired) electrons. The number of anilines is 2. The molecular weight excluding hydrogens is 244 g/mol. The lowest BCUT2D eigenvalue weighted by atomic mass is 10.2. The number of aromatic nitrogens is 1. The monoisotopic (exact) mass is 254 g/mol. The normalized spacial score (nSPS) is 10.5. The van der Waals surface area contributed by atoms with Gasteiger partial charge in [-0.05, 0) is 30.3 Å². The van der Waals surface area contributed by atoms with Gasteiger partial charge in [-0.2, -0.15) is 0 Å². The highest BCUT2D eigenvalue weighted by molar-refractivity contribution is 5.85. The number of nitrogens with one attached hydrogen (secondary N) is 1. The molecule has 3 rings (SSSR count). The van der Waals surface area contributed by atoms with Crippen LogP contribution < -0.4 is 5.32 Å². The van der Waals surface area contributed by atoms with Crippen LogP contribution in [0.5, 0.6) is 0 Å². The molecule has 0 fully saturated rings. The van der Waals surface area contributed by atoms with Gasteiger partial charge in [0.25, 0.3) is 0 Å². The summed E-state index contributed by atoms with van der Waals surface area (Å²) in [6.45, 7) is 0. The molecule has 19 heavy (non-hydrogen) atoms. The zero-order chi connectivity index (χ0) is 13.2. The number of fused-ring (bicyclic) bond motifs is 1. The van der Waals surface area contributed by atoms with Crippen molar-refractivity contribution < 1.29 is 14.3 Å². The first-order valence-electron chi connectivity index (χ1n) is 5.67. The summed E-state index contributed by atoms with van der Waals surface area (Å²) in [6.07, 6.45) is 1.74. The summed E-state index contributed by atoms with van der Waals surface area (Å²) in [5, 5.41) is 12.8. The Morgan fingerprint density at radius 3 is 2.89 bits per heavy atom. The van der Waals surface area contributed by atoms with Gasteiger partial charge in [-0.1, -0.05) is 6.07 Å². The minimum Gasteiger partial charge on any atom is -0.475 e. The Labute approximate surface area is 108 Å². The van der Waals surface area contributed by atoms with Gasteiger partial charge in [-0.25, -0.2) is 4.79 Å². The number of carbonyl (C=O) groups is 1. The number of benzene rings is 1. The third kappa shape index (κ3) is 2.26. The maximum absolute atomic E-state index is 10.7. The molecule has 0 aliphatic carbocycles. The number of carboxylic acids is 1. The Bertz CT molecular complexity index is 749. The van der Waals surface area contributed by atoms with Gasteiger partial charge >= 0.3 is 5.97 Å². The molecule has 0 saturated carbocycles. The van der Waals surface area contributed by atoms with Crippen molar-refractivity contribution in [2.75, 3.05) is 5.32 Å². The van der Waals surface area contributed by atoms with Gasteiger partial charge in [0.1, 0.15) is 0 Å². The molecule has 0 unspecified atom stereocenters. The highest BCUT2D eigenvalue weighted by atomic mass is 16.4. The molecular formula is C14H10N2O3. The zero-order valence-electron chi connectivity index (χ0n) is 9.83. The maximum atomic E-state index is 10.7. The Morgan fingerprint density at radius 1 is 1.21 bits per heavy atom. The second-order valence-electron chi connectivity index (χ2n) is 4.00. The number of carboxylic acid groups (broad SMARTS) is 1. The van der Waals surface area contributed by atoms with Crippen LogP contribution >= 0.6 is 0 Å². The van der Waals surface area contributed by atoms with Gasteiger partial charge < -0.3 is 14.8 Å². The van der Waals surface area contributed by atoms with E-state index in [1.54, 1.807) is 12.3 Å². The molecule has 0 atom stereocenters. The van der Waals surface area contributed by atoms with Crippen molar-refractivity contribution in [2.45, 2.75) is 0 Å². The van der Waals surface area contributed by atoms with Gasteiger partial charge in [-0.15, -0.1) is 0 Å². The van der Waals surface area contributed by atoms with E-state index in [1.807, 2.05) is 30.3 Å². The lowest BCUT2D eigenvalue weighted by molar-refractivity contribution is 0.0663. The van der Waals surface area contributed by atoms with Crippen molar-refractivity contribution in [1.82, 2.24) is 4.98 Å². The van der Waals surface area contributed by atoms with E-state index < -0.39 is 5.97 Å². The Hall–Kier alpha value is -2.82. The molecule has 0 amide bonds. The average molecular weight is 254 g/mol. The van der Waals surface area contributed by atoms with Crippen LogP contribution in [0.3, 0.4) is 0 Å². The second-order valence-corrected chi connectivity index (χ2v) is 4.00. The molecule has 2 heterocycles. The SMILES string of the molecule is O=C(O)c1ccc(Nc2ccc3ncccc3c2)o1. The number of hydrogen-bond donors (Lipinski definition) is 2. The Morgan fingerprint density at radius 2 is 2.11 bits per heavy atom. The quantitative estimate of drug-likeness (QED) is 0.750. The first-order chi connectivity index (χ1) is 9.22. The summed E-state index contributed by atoms with van der Waals surface area (Å²) in [5.41, 5.74) is 1.71. The minimum atomic E-state index is -1.09. The van der Waals surface area contributed by atoms with Gasteiger partial charge in [-0.3, -0.25) is 4.98 Å². The van der Waals surface area contributed by atoms with E-state index in [4.69, 9.17) is 9.52 Å². The van der Waals surface area contributed by atoms with E-state index in [9.17, 15) is 4.79 Å². The number of aromatic carboxylic acids is 1. The number of furan rings is 1. The molecule has 2 aromatic heterocycles. The van der Waals surface area contributed by atoms with E-state index in [0.717, 1.165) is 16.6 Å². The molecule has 0 bridgehead atoms. The molecule has 0 spiro atoms.